The molecule has 25 heavy (non-hydrogen) atoms. The Morgan fingerprint density at radius 3 is 2.72 bits per heavy atom. The minimum Gasteiger partial charge on any atom is -0.293 e. The van der Waals surface area contributed by atoms with Gasteiger partial charge < -0.3 is 0 Å². The van der Waals surface area contributed by atoms with Crippen LogP contribution in [0.4, 0.5) is 0 Å². The molecule has 0 aliphatic carbocycles. The van der Waals surface area contributed by atoms with Crippen LogP contribution in [0.15, 0.2) is 24.3 Å². The van der Waals surface area contributed by atoms with Gasteiger partial charge in [0.2, 0.25) is 0 Å². The fourth-order valence-electron chi connectivity index (χ4n) is 3.99. The van der Waals surface area contributed by atoms with Gasteiger partial charge in [-0.1, -0.05) is 18.2 Å². The molecule has 1 aliphatic rings. The van der Waals surface area contributed by atoms with Gasteiger partial charge in [0, 0.05) is 24.5 Å². The molecule has 132 valence electrons. The molecular weight excluding hydrogens is 312 g/mol. The summed E-state index contributed by atoms with van der Waals surface area (Å²) in [6.07, 6.45) is 2.45. The molecule has 0 amide bonds. The zero-order valence-electron chi connectivity index (χ0n) is 15.3. The van der Waals surface area contributed by atoms with Crippen LogP contribution in [0.25, 0.3) is 10.9 Å². The minimum atomic E-state index is 0.505. The number of hydrogen-bond donors (Lipinski definition) is 0. The lowest BCUT2D eigenvalue weighted by Gasteiger charge is -2.24. The van der Waals surface area contributed by atoms with Crippen molar-refractivity contribution in [2.75, 3.05) is 6.54 Å². The largest absolute Gasteiger partial charge is 0.293 e. The van der Waals surface area contributed by atoms with Gasteiger partial charge in [-0.05, 0) is 46.2 Å². The molecule has 1 unspecified atom stereocenters. The fourth-order valence-corrected chi connectivity index (χ4v) is 3.99. The Hall–Kier alpha value is -2.21. The Morgan fingerprint density at radius 1 is 1.12 bits per heavy atom. The smallest absolute Gasteiger partial charge is 0.147 e. The highest BCUT2D eigenvalue weighted by molar-refractivity contribution is 5.81. The molecule has 1 atom stereocenters. The SMILES string of the molecule is CCn1nc(CN2CCCC2Cn2nc(C)nc2C)c2ccccc21. The Labute approximate surface area is 148 Å². The maximum atomic E-state index is 4.87. The Morgan fingerprint density at radius 2 is 1.96 bits per heavy atom. The third-order valence-corrected chi connectivity index (χ3v) is 5.23. The van der Waals surface area contributed by atoms with E-state index in [-0.39, 0.29) is 0 Å². The first kappa shape index (κ1) is 16.3. The normalized spacial score (nSPS) is 18.4. The van der Waals surface area contributed by atoms with Crippen LogP contribution in [0.2, 0.25) is 0 Å². The first-order valence-electron chi connectivity index (χ1n) is 9.22. The van der Waals surface area contributed by atoms with E-state index < -0.39 is 0 Å². The van der Waals surface area contributed by atoms with Crippen molar-refractivity contribution < 1.29 is 0 Å². The molecule has 0 saturated carbocycles. The van der Waals surface area contributed by atoms with Crippen molar-refractivity contribution in [1.29, 1.82) is 0 Å². The average Bonchev–Trinajstić information content (AvgIpc) is 3.27. The molecule has 4 rings (SSSR count). The van der Waals surface area contributed by atoms with Gasteiger partial charge in [0.25, 0.3) is 0 Å². The number of aromatic nitrogens is 5. The topological polar surface area (TPSA) is 51.8 Å². The number of hydrogen-bond acceptors (Lipinski definition) is 4. The molecule has 3 aromatic rings. The lowest BCUT2D eigenvalue weighted by Crippen LogP contribution is -2.33. The van der Waals surface area contributed by atoms with Crippen molar-refractivity contribution in [2.45, 2.75) is 59.3 Å². The van der Waals surface area contributed by atoms with Crippen LogP contribution in [0, 0.1) is 13.8 Å². The molecule has 6 nitrogen and oxygen atoms in total. The van der Waals surface area contributed by atoms with Gasteiger partial charge in [-0.2, -0.15) is 10.2 Å². The molecule has 0 bridgehead atoms. The molecule has 1 aliphatic heterocycles. The molecule has 1 aromatic carbocycles. The summed E-state index contributed by atoms with van der Waals surface area (Å²) in [5, 5.41) is 10.7. The van der Waals surface area contributed by atoms with Gasteiger partial charge in [0.15, 0.2) is 0 Å². The van der Waals surface area contributed by atoms with Crippen LogP contribution in [0.5, 0.6) is 0 Å². The molecule has 0 spiro atoms. The quantitative estimate of drug-likeness (QED) is 0.718. The second-order valence-electron chi connectivity index (χ2n) is 6.93. The van der Waals surface area contributed by atoms with E-state index in [1.165, 1.54) is 29.4 Å². The molecule has 1 saturated heterocycles. The summed E-state index contributed by atoms with van der Waals surface area (Å²) in [5.41, 5.74) is 2.43. The van der Waals surface area contributed by atoms with Crippen LogP contribution in [-0.2, 0) is 19.6 Å². The molecule has 0 radical (unpaired) electrons. The Kier molecular flexibility index (Phi) is 4.29. The maximum Gasteiger partial charge on any atom is 0.147 e. The molecular formula is C19H26N6. The van der Waals surface area contributed by atoms with Crippen molar-refractivity contribution >= 4 is 10.9 Å². The molecule has 0 N–H and O–H groups in total. The van der Waals surface area contributed by atoms with E-state index in [9.17, 15) is 0 Å². The molecule has 3 heterocycles. The van der Waals surface area contributed by atoms with E-state index in [2.05, 4.69) is 55.5 Å². The fraction of sp³-hybridized carbons (Fsp3) is 0.526. The molecule has 1 fully saturated rings. The summed E-state index contributed by atoms with van der Waals surface area (Å²) >= 11 is 0. The van der Waals surface area contributed by atoms with E-state index in [4.69, 9.17) is 5.10 Å². The standard InChI is InChI=1S/C19H26N6/c1-4-24-19-10-6-5-9-17(19)18(22-24)13-23-11-7-8-16(23)12-25-15(3)20-14(2)21-25/h5-6,9-10,16H,4,7-8,11-13H2,1-3H3. The summed E-state index contributed by atoms with van der Waals surface area (Å²) in [6.45, 7) is 10.0. The van der Waals surface area contributed by atoms with Crippen molar-refractivity contribution in [3.8, 4) is 0 Å². The highest BCUT2D eigenvalue weighted by Gasteiger charge is 2.27. The van der Waals surface area contributed by atoms with E-state index in [0.29, 0.717) is 6.04 Å². The van der Waals surface area contributed by atoms with Crippen molar-refractivity contribution in [2.24, 2.45) is 0 Å². The monoisotopic (exact) mass is 338 g/mol. The summed E-state index contributed by atoms with van der Waals surface area (Å²) in [4.78, 5) is 7.00. The third kappa shape index (κ3) is 3.06. The predicted molar refractivity (Wildman–Crippen MR) is 98.3 cm³/mol. The lowest BCUT2D eigenvalue weighted by molar-refractivity contribution is 0.215. The number of rotatable bonds is 5. The predicted octanol–water partition coefficient (Wildman–Crippen LogP) is 2.93. The van der Waals surface area contributed by atoms with E-state index in [1.54, 1.807) is 0 Å². The van der Waals surface area contributed by atoms with Gasteiger partial charge in [0.1, 0.15) is 11.6 Å². The van der Waals surface area contributed by atoms with Crippen molar-refractivity contribution in [3.05, 3.63) is 41.6 Å². The van der Waals surface area contributed by atoms with E-state index in [0.717, 1.165) is 37.8 Å². The van der Waals surface area contributed by atoms with Crippen LogP contribution in [-0.4, -0.2) is 42.0 Å². The molecule has 2 aromatic heterocycles. The van der Waals surface area contributed by atoms with Gasteiger partial charge in [-0.3, -0.25) is 9.58 Å². The minimum absolute atomic E-state index is 0.505. The van der Waals surface area contributed by atoms with Gasteiger partial charge in [0.05, 0.1) is 17.8 Å². The second kappa shape index (κ2) is 6.59. The second-order valence-corrected chi connectivity index (χ2v) is 6.93. The summed E-state index contributed by atoms with van der Waals surface area (Å²) in [6, 6.07) is 9.06. The number of fused-ring (bicyclic) bond motifs is 1. The van der Waals surface area contributed by atoms with E-state index in [1.807, 2.05) is 13.8 Å². The number of nitrogens with zero attached hydrogens (tertiary/aromatic N) is 6. The van der Waals surface area contributed by atoms with Gasteiger partial charge in [-0.15, -0.1) is 0 Å². The van der Waals surface area contributed by atoms with Gasteiger partial charge in [-0.25, -0.2) is 9.67 Å². The van der Waals surface area contributed by atoms with Crippen LogP contribution < -0.4 is 0 Å². The first-order valence-corrected chi connectivity index (χ1v) is 9.22. The van der Waals surface area contributed by atoms with Crippen LogP contribution in [0.3, 0.4) is 0 Å². The Bertz CT molecular complexity index is 877. The van der Waals surface area contributed by atoms with Crippen LogP contribution in [0.1, 0.15) is 37.1 Å². The number of likely N-dealkylation sites (tertiary alicyclic amines) is 1. The average molecular weight is 338 g/mol. The van der Waals surface area contributed by atoms with Crippen molar-refractivity contribution in [1.82, 2.24) is 29.4 Å². The number of para-hydroxylation sites is 1. The summed E-state index contributed by atoms with van der Waals surface area (Å²) in [7, 11) is 0. The summed E-state index contributed by atoms with van der Waals surface area (Å²) in [5.74, 6) is 1.86. The third-order valence-electron chi connectivity index (χ3n) is 5.23. The highest BCUT2D eigenvalue weighted by atomic mass is 15.4. The van der Waals surface area contributed by atoms with Crippen LogP contribution >= 0.6 is 0 Å². The first-order chi connectivity index (χ1) is 12.2. The summed E-state index contributed by atoms with van der Waals surface area (Å²) < 4.78 is 4.17. The van der Waals surface area contributed by atoms with Crippen molar-refractivity contribution in [3.63, 3.8) is 0 Å². The number of benzene rings is 1. The zero-order valence-corrected chi connectivity index (χ0v) is 15.3. The zero-order chi connectivity index (χ0) is 17.4. The molecule has 6 heteroatoms. The number of aryl methyl sites for hydroxylation is 3. The Balaban J connectivity index is 1.56. The highest BCUT2D eigenvalue weighted by Crippen LogP contribution is 2.25. The van der Waals surface area contributed by atoms with Gasteiger partial charge >= 0.3 is 0 Å². The lowest BCUT2D eigenvalue weighted by atomic mass is 10.2. The maximum absolute atomic E-state index is 4.87. The van der Waals surface area contributed by atoms with E-state index >= 15 is 0 Å².